The zero-order chi connectivity index (χ0) is 24.9. The fourth-order valence-electron chi connectivity index (χ4n) is 4.26. The number of carbonyl (C=O) groups excluding carboxylic acids is 2. The predicted molar refractivity (Wildman–Crippen MR) is 136 cm³/mol. The molecule has 3 heterocycles. The van der Waals surface area contributed by atoms with E-state index >= 15 is 0 Å². The van der Waals surface area contributed by atoms with Crippen molar-refractivity contribution in [3.8, 4) is 0 Å². The van der Waals surface area contributed by atoms with Crippen LogP contribution in [0.5, 0.6) is 0 Å². The number of carbonyl (C=O) groups is 2. The summed E-state index contributed by atoms with van der Waals surface area (Å²) in [5.74, 6) is -0.596. The molecule has 2 saturated heterocycles. The molecule has 0 radical (unpaired) electrons. The van der Waals surface area contributed by atoms with Gasteiger partial charge in [-0.25, -0.2) is 13.1 Å². The van der Waals surface area contributed by atoms with E-state index in [-0.39, 0.29) is 24.9 Å². The molecule has 3 rings (SSSR count). The van der Waals surface area contributed by atoms with E-state index in [0.29, 0.717) is 28.3 Å². The Morgan fingerprint density at radius 3 is 2.32 bits per heavy atom. The first-order chi connectivity index (χ1) is 16.0. The van der Waals surface area contributed by atoms with Crippen molar-refractivity contribution in [1.82, 2.24) is 24.7 Å². The van der Waals surface area contributed by atoms with Crippen LogP contribution in [0.15, 0.2) is 12.1 Å². The van der Waals surface area contributed by atoms with Gasteiger partial charge in [-0.1, -0.05) is 11.6 Å². The number of sulfonamides is 1. The first kappa shape index (κ1) is 27.3. The highest BCUT2D eigenvalue weighted by molar-refractivity contribution is 7.90. The number of nitrogens with one attached hydrogen (secondary N) is 2. The summed E-state index contributed by atoms with van der Waals surface area (Å²) in [6.07, 6.45) is 1.27. The van der Waals surface area contributed by atoms with Crippen molar-refractivity contribution in [3.05, 3.63) is 21.3 Å². The Hall–Kier alpha value is -1.24. The van der Waals surface area contributed by atoms with Crippen molar-refractivity contribution in [3.63, 3.8) is 0 Å². The molecule has 1 unspecified atom stereocenters. The third kappa shape index (κ3) is 7.63. The summed E-state index contributed by atoms with van der Waals surface area (Å²) >= 11 is 7.05. The fraction of sp³-hybridized carbons (Fsp3) is 0.727. The highest BCUT2D eigenvalue weighted by Gasteiger charge is 2.34. The quantitative estimate of drug-likeness (QED) is 0.498. The van der Waals surface area contributed by atoms with Crippen LogP contribution in [-0.2, 0) is 14.8 Å². The van der Waals surface area contributed by atoms with E-state index in [1.807, 2.05) is 7.05 Å². The molecular weight excluding hydrogens is 498 g/mol. The Morgan fingerprint density at radius 1 is 1.12 bits per heavy atom. The molecule has 1 aromatic heterocycles. The van der Waals surface area contributed by atoms with Gasteiger partial charge in [-0.2, -0.15) is 0 Å². The van der Waals surface area contributed by atoms with Gasteiger partial charge in [0.2, 0.25) is 15.9 Å². The molecule has 2 aliphatic heterocycles. The second-order valence-electron chi connectivity index (χ2n) is 9.39. The molecule has 1 aromatic rings. The van der Waals surface area contributed by atoms with Gasteiger partial charge in [0.05, 0.1) is 9.21 Å². The van der Waals surface area contributed by atoms with Crippen LogP contribution in [0.2, 0.25) is 4.34 Å². The lowest BCUT2D eigenvalue weighted by Crippen LogP contribution is -2.52. The van der Waals surface area contributed by atoms with Crippen LogP contribution in [0, 0.1) is 0 Å². The van der Waals surface area contributed by atoms with E-state index < -0.39 is 21.2 Å². The zero-order valence-corrected chi connectivity index (χ0v) is 22.5. The molecule has 9 nitrogen and oxygen atoms in total. The van der Waals surface area contributed by atoms with Gasteiger partial charge in [0, 0.05) is 51.2 Å². The molecular formula is C22H36ClN5O4S2. The van der Waals surface area contributed by atoms with E-state index in [1.54, 1.807) is 17.0 Å². The maximum Gasteiger partial charge on any atom is 0.261 e. The number of piperidine rings is 1. The van der Waals surface area contributed by atoms with E-state index in [1.165, 1.54) is 0 Å². The number of likely N-dealkylation sites (N-methyl/N-ethyl adjacent to an activating group) is 1. The van der Waals surface area contributed by atoms with Gasteiger partial charge >= 0.3 is 0 Å². The average Bonchev–Trinajstić information content (AvgIpc) is 3.23. The topological polar surface area (TPSA) is 102 Å². The summed E-state index contributed by atoms with van der Waals surface area (Å²) < 4.78 is 30.0. The number of rotatable bonds is 9. The number of nitrogens with zero attached hydrogens (tertiary/aromatic N) is 3. The summed E-state index contributed by atoms with van der Waals surface area (Å²) in [7, 11) is -1.84. The zero-order valence-electron chi connectivity index (χ0n) is 20.1. The van der Waals surface area contributed by atoms with E-state index in [9.17, 15) is 18.0 Å². The molecule has 2 aliphatic rings. The lowest BCUT2D eigenvalue weighted by Gasteiger charge is -2.35. The minimum Gasteiger partial charge on any atom is -0.350 e. The summed E-state index contributed by atoms with van der Waals surface area (Å²) in [6, 6.07) is 3.47. The summed E-state index contributed by atoms with van der Waals surface area (Å²) in [5, 5.41) is 1.65. The third-order valence-corrected chi connectivity index (χ3v) is 9.68. The summed E-state index contributed by atoms with van der Waals surface area (Å²) in [6.45, 7) is 8.43. The molecule has 0 spiro atoms. The third-order valence-electron chi connectivity index (χ3n) is 6.58. The van der Waals surface area contributed by atoms with Gasteiger partial charge < -0.3 is 20.0 Å². The minimum atomic E-state index is -3.84. The highest BCUT2D eigenvalue weighted by atomic mass is 35.5. The number of hydrogen-bond acceptors (Lipinski definition) is 7. The second-order valence-corrected chi connectivity index (χ2v) is 13.1. The number of halogens is 1. The standard InChI is InChI=1S/C22H36ClN5O4S2/c1-16(2)27-8-6-17(7-9-27)25-34(31,32)18(14-21(29)28-12-10-26(3)11-13-28)15-24-22(30)19-4-5-20(23)33-19/h4-5,16-18,25H,6-15H2,1-3H3,(H,24,30). The smallest absolute Gasteiger partial charge is 0.261 e. The van der Waals surface area contributed by atoms with Gasteiger partial charge in [0.15, 0.2) is 0 Å². The van der Waals surface area contributed by atoms with Crippen LogP contribution < -0.4 is 10.0 Å². The first-order valence-corrected chi connectivity index (χ1v) is 14.5. The molecule has 0 aromatic carbocycles. The Kier molecular flexibility index (Phi) is 9.76. The molecule has 2 amide bonds. The number of thiophene rings is 1. The van der Waals surface area contributed by atoms with Crippen LogP contribution in [0.4, 0.5) is 0 Å². The van der Waals surface area contributed by atoms with E-state index in [0.717, 1.165) is 50.4 Å². The second kappa shape index (κ2) is 12.1. The van der Waals surface area contributed by atoms with Crippen LogP contribution in [0.1, 0.15) is 42.8 Å². The number of amides is 2. The van der Waals surface area contributed by atoms with E-state index in [4.69, 9.17) is 11.6 Å². The average molecular weight is 534 g/mol. The first-order valence-electron chi connectivity index (χ1n) is 11.8. The number of piperazine rings is 1. The molecule has 12 heteroatoms. The van der Waals surface area contributed by atoms with Crippen molar-refractivity contribution >= 4 is 44.8 Å². The maximum absolute atomic E-state index is 13.4. The molecule has 192 valence electrons. The molecule has 0 bridgehead atoms. The van der Waals surface area contributed by atoms with Crippen molar-refractivity contribution < 1.29 is 18.0 Å². The van der Waals surface area contributed by atoms with Crippen molar-refractivity contribution in [2.24, 2.45) is 0 Å². The van der Waals surface area contributed by atoms with Crippen LogP contribution in [0.3, 0.4) is 0 Å². The van der Waals surface area contributed by atoms with Gasteiger partial charge in [-0.05, 0) is 59.0 Å². The SMILES string of the molecule is CC(C)N1CCC(NS(=O)(=O)C(CNC(=O)c2ccc(Cl)s2)CC(=O)N2CCN(C)CC2)CC1. The summed E-state index contributed by atoms with van der Waals surface area (Å²) in [4.78, 5) is 32.1. The van der Waals surface area contributed by atoms with Crippen LogP contribution in [-0.4, -0.2) is 105 Å². The Bertz CT molecular complexity index is 939. The van der Waals surface area contributed by atoms with E-state index in [2.05, 4.69) is 33.7 Å². The Balaban J connectivity index is 1.66. The molecule has 2 N–H and O–H groups in total. The van der Waals surface area contributed by atoms with Gasteiger partial charge in [-0.3, -0.25) is 9.59 Å². The fourth-order valence-corrected chi connectivity index (χ4v) is 6.78. The van der Waals surface area contributed by atoms with Crippen molar-refractivity contribution in [2.45, 2.75) is 50.4 Å². The lowest BCUT2D eigenvalue weighted by molar-refractivity contribution is -0.132. The van der Waals surface area contributed by atoms with Crippen molar-refractivity contribution in [2.75, 3.05) is 52.9 Å². The monoisotopic (exact) mass is 533 g/mol. The van der Waals surface area contributed by atoms with Gasteiger partial charge in [0.25, 0.3) is 5.91 Å². The predicted octanol–water partition coefficient (Wildman–Crippen LogP) is 1.46. The lowest BCUT2D eigenvalue weighted by atomic mass is 10.1. The molecule has 34 heavy (non-hydrogen) atoms. The largest absolute Gasteiger partial charge is 0.350 e. The van der Waals surface area contributed by atoms with Crippen LogP contribution >= 0.6 is 22.9 Å². The van der Waals surface area contributed by atoms with Crippen LogP contribution in [0.25, 0.3) is 0 Å². The normalized spacial score (nSPS) is 20.0. The maximum atomic E-state index is 13.4. The molecule has 2 fully saturated rings. The van der Waals surface area contributed by atoms with Gasteiger partial charge in [-0.15, -0.1) is 11.3 Å². The van der Waals surface area contributed by atoms with Gasteiger partial charge in [0.1, 0.15) is 5.25 Å². The minimum absolute atomic E-state index is 0.145. The molecule has 1 atom stereocenters. The van der Waals surface area contributed by atoms with Crippen molar-refractivity contribution in [1.29, 1.82) is 0 Å². The Morgan fingerprint density at radius 2 is 1.76 bits per heavy atom. The molecule has 0 saturated carbocycles. The number of hydrogen-bond donors (Lipinski definition) is 2. The highest BCUT2D eigenvalue weighted by Crippen LogP contribution is 2.21. The Labute approximate surface area is 211 Å². The number of likely N-dealkylation sites (tertiary alicyclic amines) is 1. The molecule has 0 aliphatic carbocycles. The summed E-state index contributed by atoms with van der Waals surface area (Å²) in [5.41, 5.74) is 0.